The number of nitrogens with zero attached hydrogens (tertiary/aromatic N) is 5. The lowest BCUT2D eigenvalue weighted by atomic mass is 10.2. The lowest BCUT2D eigenvalue weighted by Crippen LogP contribution is -2.53. The smallest absolute Gasteiger partial charge is 0.179 e. The molecule has 0 aromatic carbocycles. The van der Waals surface area contributed by atoms with E-state index in [9.17, 15) is 4.79 Å². The van der Waals surface area contributed by atoms with Crippen molar-refractivity contribution in [1.82, 2.24) is 15.2 Å². The average Bonchev–Trinajstić information content (AvgIpc) is 2.76. The highest BCUT2D eigenvalue weighted by molar-refractivity contribution is 6.07. The van der Waals surface area contributed by atoms with Gasteiger partial charge in [0.1, 0.15) is 12.2 Å². The van der Waals surface area contributed by atoms with Gasteiger partial charge in [-0.15, -0.1) is 6.58 Å². The van der Waals surface area contributed by atoms with Crippen LogP contribution in [0.2, 0.25) is 0 Å². The highest BCUT2D eigenvalue weighted by atomic mass is 16.1. The van der Waals surface area contributed by atoms with Gasteiger partial charge in [0.05, 0.1) is 17.9 Å². The van der Waals surface area contributed by atoms with Crippen molar-refractivity contribution >= 4 is 17.2 Å². The second-order valence-corrected chi connectivity index (χ2v) is 4.58. The van der Waals surface area contributed by atoms with E-state index >= 15 is 0 Å². The second-order valence-electron chi connectivity index (χ2n) is 4.58. The molecule has 0 N–H and O–H groups in total. The number of ketones is 1. The van der Waals surface area contributed by atoms with Gasteiger partial charge in [-0.05, 0) is 19.1 Å². The average molecular weight is 269 g/mol. The van der Waals surface area contributed by atoms with Gasteiger partial charge in [0.15, 0.2) is 5.78 Å². The fourth-order valence-electron chi connectivity index (χ4n) is 2.32. The molecule has 0 spiro atoms. The van der Waals surface area contributed by atoms with Gasteiger partial charge >= 0.3 is 0 Å². The molecule has 1 aromatic heterocycles. The van der Waals surface area contributed by atoms with Gasteiger partial charge in [-0.1, -0.05) is 6.08 Å². The van der Waals surface area contributed by atoms with Crippen LogP contribution < -0.4 is 5.01 Å². The minimum absolute atomic E-state index is 0.0584. The molecule has 3 heterocycles. The predicted octanol–water partition coefficient (Wildman–Crippen LogP) is 1.36. The van der Waals surface area contributed by atoms with Crippen LogP contribution in [-0.2, 0) is 4.79 Å². The topological polar surface area (TPSA) is 52.0 Å². The van der Waals surface area contributed by atoms with Crippen molar-refractivity contribution in [2.45, 2.75) is 6.92 Å². The first-order valence-electron chi connectivity index (χ1n) is 6.37. The van der Waals surface area contributed by atoms with E-state index in [0.717, 1.165) is 17.1 Å². The molecule has 0 saturated heterocycles. The van der Waals surface area contributed by atoms with Gasteiger partial charge in [0.25, 0.3) is 0 Å². The summed E-state index contributed by atoms with van der Waals surface area (Å²) in [6.45, 7) is 6.50. The Bertz CT molecular complexity index is 607. The summed E-state index contributed by atoms with van der Waals surface area (Å²) in [4.78, 5) is 16.0. The lowest BCUT2D eigenvalue weighted by molar-refractivity contribution is -0.115. The van der Waals surface area contributed by atoms with E-state index in [1.807, 2.05) is 29.2 Å². The summed E-state index contributed by atoms with van der Waals surface area (Å²) in [5.74, 6) is 0.0584. The molecule has 2 aliphatic rings. The summed E-state index contributed by atoms with van der Waals surface area (Å²) >= 11 is 0. The largest absolute Gasteiger partial charge is 0.293 e. The highest BCUT2D eigenvalue weighted by Crippen LogP contribution is 2.29. The fourth-order valence-corrected chi connectivity index (χ4v) is 2.32. The summed E-state index contributed by atoms with van der Waals surface area (Å²) in [7, 11) is 0. The summed E-state index contributed by atoms with van der Waals surface area (Å²) in [5.41, 5.74) is 2.52. The van der Waals surface area contributed by atoms with Crippen molar-refractivity contribution < 1.29 is 4.79 Å². The molecule has 1 aromatic rings. The Balaban J connectivity index is 2.02. The van der Waals surface area contributed by atoms with Crippen LogP contribution in [0.25, 0.3) is 0 Å². The fraction of sp³-hybridized carbons (Fsp3) is 0.214. The highest BCUT2D eigenvalue weighted by Gasteiger charge is 2.35. The summed E-state index contributed by atoms with van der Waals surface area (Å²) < 4.78 is 0. The molecular weight excluding hydrogens is 254 g/mol. The molecule has 102 valence electrons. The Labute approximate surface area is 117 Å². The quantitative estimate of drug-likeness (QED) is 0.776. The van der Waals surface area contributed by atoms with E-state index in [4.69, 9.17) is 0 Å². The third-order valence-electron chi connectivity index (χ3n) is 3.16. The normalized spacial score (nSPS) is 17.9. The maximum Gasteiger partial charge on any atom is 0.179 e. The van der Waals surface area contributed by atoms with Gasteiger partial charge in [0, 0.05) is 18.5 Å². The van der Waals surface area contributed by atoms with Crippen LogP contribution in [0.1, 0.15) is 6.92 Å². The molecule has 0 amide bonds. The Morgan fingerprint density at radius 1 is 1.40 bits per heavy atom. The SMILES string of the molecule is C=CCN1N=C(C)C2=CC(=O)CN(c3ccncc3)N21. The molecule has 2 aliphatic heterocycles. The van der Waals surface area contributed by atoms with Gasteiger partial charge in [0.2, 0.25) is 0 Å². The number of carbonyl (C=O) groups is 1. The van der Waals surface area contributed by atoms with Gasteiger partial charge in [-0.25, -0.2) is 0 Å². The van der Waals surface area contributed by atoms with Gasteiger partial charge in [-0.2, -0.15) is 15.3 Å². The molecule has 20 heavy (non-hydrogen) atoms. The Hall–Kier alpha value is -2.63. The van der Waals surface area contributed by atoms with E-state index in [-0.39, 0.29) is 12.3 Å². The molecule has 0 bridgehead atoms. The molecular formula is C14H15N5O. The van der Waals surface area contributed by atoms with E-state index in [2.05, 4.69) is 16.7 Å². The number of pyridine rings is 1. The van der Waals surface area contributed by atoms with Crippen LogP contribution in [0.3, 0.4) is 0 Å². The van der Waals surface area contributed by atoms with Crippen LogP contribution in [0, 0.1) is 0 Å². The van der Waals surface area contributed by atoms with Crippen LogP contribution in [0.5, 0.6) is 0 Å². The molecule has 0 radical (unpaired) electrons. The summed E-state index contributed by atoms with van der Waals surface area (Å²) in [6.07, 6.45) is 6.83. The van der Waals surface area contributed by atoms with Crippen LogP contribution >= 0.6 is 0 Å². The number of carbonyl (C=O) groups excluding carboxylic acids is 1. The molecule has 0 aliphatic carbocycles. The predicted molar refractivity (Wildman–Crippen MR) is 76.5 cm³/mol. The van der Waals surface area contributed by atoms with E-state index in [0.29, 0.717) is 6.54 Å². The zero-order chi connectivity index (χ0) is 14.1. The third kappa shape index (κ3) is 1.95. The summed E-state index contributed by atoms with van der Waals surface area (Å²) in [5, 5.41) is 10.1. The Morgan fingerprint density at radius 2 is 2.15 bits per heavy atom. The van der Waals surface area contributed by atoms with Crippen molar-refractivity contribution in [2.75, 3.05) is 18.1 Å². The number of allylic oxidation sites excluding steroid dienone is 1. The Kier molecular flexibility index (Phi) is 2.98. The zero-order valence-electron chi connectivity index (χ0n) is 11.2. The van der Waals surface area contributed by atoms with Crippen molar-refractivity contribution in [3.63, 3.8) is 0 Å². The number of aromatic nitrogens is 1. The first kappa shape index (κ1) is 12.4. The van der Waals surface area contributed by atoms with Crippen molar-refractivity contribution in [3.8, 4) is 0 Å². The summed E-state index contributed by atoms with van der Waals surface area (Å²) in [6, 6.07) is 3.74. The monoisotopic (exact) mass is 269 g/mol. The van der Waals surface area contributed by atoms with Crippen LogP contribution in [0.4, 0.5) is 5.69 Å². The van der Waals surface area contributed by atoms with E-state index in [1.165, 1.54) is 0 Å². The molecule has 0 fully saturated rings. The number of anilines is 1. The van der Waals surface area contributed by atoms with Crippen molar-refractivity contribution in [3.05, 3.63) is 49.0 Å². The molecule has 3 rings (SSSR count). The van der Waals surface area contributed by atoms with Crippen LogP contribution in [0.15, 0.2) is 54.1 Å². The van der Waals surface area contributed by atoms with E-state index in [1.54, 1.807) is 29.7 Å². The zero-order valence-corrected chi connectivity index (χ0v) is 11.2. The maximum absolute atomic E-state index is 11.9. The molecule has 0 atom stereocenters. The third-order valence-corrected chi connectivity index (χ3v) is 3.16. The molecule has 0 saturated carbocycles. The number of hydrogen-bond donors (Lipinski definition) is 0. The number of hydrazone groups is 1. The molecule has 6 heteroatoms. The number of rotatable bonds is 3. The Morgan fingerprint density at radius 3 is 2.85 bits per heavy atom. The second kappa shape index (κ2) is 4.80. The minimum Gasteiger partial charge on any atom is -0.293 e. The number of hydrogen-bond acceptors (Lipinski definition) is 6. The van der Waals surface area contributed by atoms with Crippen LogP contribution in [-0.4, -0.2) is 39.8 Å². The molecule has 6 nitrogen and oxygen atoms in total. The van der Waals surface area contributed by atoms with Crippen molar-refractivity contribution in [2.24, 2.45) is 5.10 Å². The van der Waals surface area contributed by atoms with Crippen molar-refractivity contribution in [1.29, 1.82) is 0 Å². The minimum atomic E-state index is 0.0584. The number of hydrazine groups is 2. The maximum atomic E-state index is 11.9. The molecule has 0 unspecified atom stereocenters. The van der Waals surface area contributed by atoms with E-state index < -0.39 is 0 Å². The standard InChI is InChI=1S/C14H15N5O/c1-3-8-18-16-11(2)14-9-13(20)10-17(19(14)18)12-4-6-15-7-5-12/h3-7,9H,1,8,10H2,2H3. The first-order chi connectivity index (χ1) is 9.70. The van der Waals surface area contributed by atoms with Gasteiger partial charge < -0.3 is 0 Å². The van der Waals surface area contributed by atoms with Gasteiger partial charge in [-0.3, -0.25) is 14.8 Å². The lowest BCUT2D eigenvalue weighted by Gasteiger charge is -2.41. The number of fused-ring (bicyclic) bond motifs is 1. The first-order valence-corrected chi connectivity index (χ1v) is 6.37.